The van der Waals surface area contributed by atoms with Gasteiger partial charge in [-0.25, -0.2) is 15.0 Å². The number of rotatable bonds is 6. The molecule has 5 rings (SSSR count). The number of pyridine rings is 1. The molecule has 8 nitrogen and oxygen atoms in total. The molecule has 4 aromatic rings. The first-order valence-electron chi connectivity index (χ1n) is 10.3. The van der Waals surface area contributed by atoms with E-state index in [0.717, 1.165) is 22.8 Å². The Morgan fingerprint density at radius 1 is 0.875 bits per heavy atom. The molecular formula is C24H22N6O2. The third kappa shape index (κ3) is 4.11. The molecule has 1 aliphatic heterocycles. The van der Waals surface area contributed by atoms with Crippen LogP contribution in [-0.2, 0) is 6.54 Å². The van der Waals surface area contributed by atoms with E-state index in [4.69, 9.17) is 15.2 Å². The van der Waals surface area contributed by atoms with Crippen LogP contribution in [0.2, 0.25) is 0 Å². The first-order chi connectivity index (χ1) is 15.8. The highest BCUT2D eigenvalue weighted by Gasteiger charge is 2.19. The molecule has 32 heavy (non-hydrogen) atoms. The van der Waals surface area contributed by atoms with Crippen LogP contribution in [0.15, 0.2) is 79.3 Å². The van der Waals surface area contributed by atoms with Gasteiger partial charge in [0.05, 0.1) is 6.54 Å². The van der Waals surface area contributed by atoms with Crippen LogP contribution in [0.5, 0.6) is 11.5 Å². The van der Waals surface area contributed by atoms with Gasteiger partial charge in [0.25, 0.3) is 0 Å². The standard InChI is InChI=1S/C24H22N6O2/c25-22-23(29-18-9-10-19-20(14-18)32-13-12-31-19)27-16-28-24(22)30(21-8-4-5-11-26-21)15-17-6-2-1-3-7-17/h1-11,14,16H,12-13,15,25H2,(H,27,28,29). The molecule has 2 aromatic carbocycles. The number of fused-ring (bicyclic) bond motifs is 1. The van der Waals surface area contributed by atoms with Crippen molar-refractivity contribution < 1.29 is 9.47 Å². The molecule has 3 N–H and O–H groups in total. The predicted molar refractivity (Wildman–Crippen MR) is 124 cm³/mol. The molecule has 2 aromatic heterocycles. The van der Waals surface area contributed by atoms with E-state index in [1.54, 1.807) is 6.20 Å². The van der Waals surface area contributed by atoms with E-state index in [0.29, 0.717) is 42.8 Å². The number of anilines is 5. The van der Waals surface area contributed by atoms with E-state index in [2.05, 4.69) is 32.4 Å². The number of nitrogens with one attached hydrogen (secondary N) is 1. The third-order valence-corrected chi connectivity index (χ3v) is 5.03. The number of nitrogens with two attached hydrogens (primary N) is 1. The van der Waals surface area contributed by atoms with Gasteiger partial charge in [0, 0.05) is 18.0 Å². The Kier molecular flexibility index (Phi) is 5.40. The number of aromatic nitrogens is 3. The highest BCUT2D eigenvalue weighted by Crippen LogP contribution is 2.36. The van der Waals surface area contributed by atoms with Crippen molar-refractivity contribution in [2.24, 2.45) is 0 Å². The molecule has 1 aliphatic rings. The van der Waals surface area contributed by atoms with Gasteiger partial charge in [0.15, 0.2) is 23.1 Å². The summed E-state index contributed by atoms with van der Waals surface area (Å²) in [6.45, 7) is 1.63. The highest BCUT2D eigenvalue weighted by atomic mass is 16.6. The number of ether oxygens (including phenoxy) is 2. The van der Waals surface area contributed by atoms with Crippen LogP contribution in [0.25, 0.3) is 0 Å². The quantitative estimate of drug-likeness (QED) is 0.471. The Labute approximate surface area is 185 Å². The maximum absolute atomic E-state index is 6.55. The summed E-state index contributed by atoms with van der Waals surface area (Å²) in [5, 5.41) is 3.27. The molecule has 0 spiro atoms. The summed E-state index contributed by atoms with van der Waals surface area (Å²) in [5.41, 5.74) is 8.87. The van der Waals surface area contributed by atoms with Gasteiger partial charge in [0.2, 0.25) is 0 Å². The first-order valence-corrected chi connectivity index (χ1v) is 10.3. The fourth-order valence-electron chi connectivity index (χ4n) is 3.50. The van der Waals surface area contributed by atoms with Crippen LogP contribution >= 0.6 is 0 Å². The average Bonchev–Trinajstić information content (AvgIpc) is 2.85. The van der Waals surface area contributed by atoms with Gasteiger partial charge in [0.1, 0.15) is 31.0 Å². The van der Waals surface area contributed by atoms with Gasteiger partial charge in [-0.1, -0.05) is 36.4 Å². The molecule has 3 heterocycles. The average molecular weight is 426 g/mol. The lowest BCUT2D eigenvalue weighted by Crippen LogP contribution is -2.21. The molecule has 0 radical (unpaired) electrons. The molecule has 0 aliphatic carbocycles. The van der Waals surface area contributed by atoms with Crippen LogP contribution < -0.4 is 25.4 Å². The topological polar surface area (TPSA) is 98.4 Å². The lowest BCUT2D eigenvalue weighted by atomic mass is 10.2. The molecular weight excluding hydrogens is 404 g/mol. The van der Waals surface area contributed by atoms with Gasteiger partial charge in [-0.3, -0.25) is 0 Å². The molecule has 0 fully saturated rings. The number of hydrogen-bond donors (Lipinski definition) is 2. The van der Waals surface area contributed by atoms with Crippen LogP contribution in [0, 0.1) is 0 Å². The Morgan fingerprint density at radius 2 is 1.69 bits per heavy atom. The Balaban J connectivity index is 1.48. The largest absolute Gasteiger partial charge is 0.486 e. The summed E-state index contributed by atoms with van der Waals surface area (Å²) in [5.74, 6) is 3.23. The molecule has 0 saturated carbocycles. The summed E-state index contributed by atoms with van der Waals surface area (Å²) >= 11 is 0. The first kappa shape index (κ1) is 19.6. The Bertz CT molecular complexity index is 1200. The van der Waals surface area contributed by atoms with Gasteiger partial charge >= 0.3 is 0 Å². The Morgan fingerprint density at radius 3 is 2.50 bits per heavy atom. The summed E-state index contributed by atoms with van der Waals surface area (Å²) in [6.07, 6.45) is 3.24. The van der Waals surface area contributed by atoms with Gasteiger partial charge < -0.3 is 25.4 Å². The number of nitrogens with zero attached hydrogens (tertiary/aromatic N) is 4. The van der Waals surface area contributed by atoms with E-state index < -0.39 is 0 Å². The summed E-state index contributed by atoms with van der Waals surface area (Å²) in [6, 6.07) is 21.5. The van der Waals surface area contributed by atoms with E-state index in [9.17, 15) is 0 Å². The second kappa shape index (κ2) is 8.81. The van der Waals surface area contributed by atoms with Crippen molar-refractivity contribution in [1.29, 1.82) is 0 Å². The van der Waals surface area contributed by atoms with Gasteiger partial charge in [-0.15, -0.1) is 0 Å². The zero-order valence-electron chi connectivity index (χ0n) is 17.3. The zero-order valence-corrected chi connectivity index (χ0v) is 17.3. The molecule has 0 unspecified atom stereocenters. The maximum Gasteiger partial charge on any atom is 0.163 e. The van der Waals surface area contributed by atoms with E-state index in [1.165, 1.54) is 6.33 Å². The molecule has 160 valence electrons. The lowest BCUT2D eigenvalue weighted by molar-refractivity contribution is 0.171. The van der Waals surface area contributed by atoms with E-state index >= 15 is 0 Å². The summed E-state index contributed by atoms with van der Waals surface area (Å²) in [7, 11) is 0. The molecule has 0 saturated heterocycles. The third-order valence-electron chi connectivity index (χ3n) is 5.03. The van der Waals surface area contributed by atoms with Crippen molar-refractivity contribution >= 4 is 28.8 Å². The number of hydrogen-bond acceptors (Lipinski definition) is 8. The molecule has 0 atom stereocenters. The molecule has 8 heteroatoms. The molecule has 0 bridgehead atoms. The van der Waals surface area contributed by atoms with Crippen molar-refractivity contribution in [3.63, 3.8) is 0 Å². The van der Waals surface area contributed by atoms with Crippen molar-refractivity contribution in [1.82, 2.24) is 15.0 Å². The zero-order chi connectivity index (χ0) is 21.8. The molecule has 0 amide bonds. The minimum absolute atomic E-state index is 0.420. The Hall–Kier alpha value is -4.33. The van der Waals surface area contributed by atoms with Crippen LogP contribution in [0.4, 0.5) is 28.8 Å². The monoisotopic (exact) mass is 426 g/mol. The van der Waals surface area contributed by atoms with Crippen molar-refractivity contribution in [2.75, 3.05) is 29.2 Å². The van der Waals surface area contributed by atoms with Crippen molar-refractivity contribution in [2.45, 2.75) is 6.54 Å². The lowest BCUT2D eigenvalue weighted by Gasteiger charge is -2.25. The predicted octanol–water partition coefficient (Wildman–Crippen LogP) is 4.31. The fraction of sp³-hybridized carbons (Fsp3) is 0.125. The van der Waals surface area contributed by atoms with Gasteiger partial charge in [-0.05, 0) is 29.8 Å². The normalized spacial score (nSPS) is 12.2. The fourth-order valence-corrected chi connectivity index (χ4v) is 3.50. The highest BCUT2D eigenvalue weighted by molar-refractivity contribution is 5.81. The van der Waals surface area contributed by atoms with Crippen molar-refractivity contribution in [3.8, 4) is 11.5 Å². The summed E-state index contributed by atoms with van der Waals surface area (Å²) in [4.78, 5) is 15.3. The minimum atomic E-state index is 0.420. The van der Waals surface area contributed by atoms with Crippen LogP contribution in [0.3, 0.4) is 0 Å². The van der Waals surface area contributed by atoms with Crippen molar-refractivity contribution in [3.05, 3.63) is 84.8 Å². The maximum atomic E-state index is 6.55. The number of benzene rings is 2. The second-order valence-electron chi connectivity index (χ2n) is 7.20. The minimum Gasteiger partial charge on any atom is -0.486 e. The van der Waals surface area contributed by atoms with E-state index in [-0.39, 0.29) is 0 Å². The SMILES string of the molecule is Nc1c(Nc2ccc3c(c2)OCCO3)ncnc1N(Cc1ccccc1)c1ccccn1. The van der Waals surface area contributed by atoms with Crippen LogP contribution in [0.1, 0.15) is 5.56 Å². The smallest absolute Gasteiger partial charge is 0.163 e. The summed E-state index contributed by atoms with van der Waals surface area (Å²) < 4.78 is 11.3. The van der Waals surface area contributed by atoms with Gasteiger partial charge in [-0.2, -0.15) is 0 Å². The van der Waals surface area contributed by atoms with Crippen LogP contribution in [-0.4, -0.2) is 28.2 Å². The second-order valence-corrected chi connectivity index (χ2v) is 7.20. The van der Waals surface area contributed by atoms with E-state index in [1.807, 2.05) is 59.5 Å². The number of nitrogen functional groups attached to an aromatic ring is 1.